The first kappa shape index (κ1) is 22.3. The van der Waals surface area contributed by atoms with Crippen molar-refractivity contribution < 1.29 is 18.1 Å². The van der Waals surface area contributed by atoms with E-state index in [1.54, 1.807) is 44.2 Å². The number of para-hydroxylation sites is 1. The summed E-state index contributed by atoms with van der Waals surface area (Å²) in [4.78, 5) is 22.7. The van der Waals surface area contributed by atoms with Crippen LogP contribution < -0.4 is 5.32 Å². The van der Waals surface area contributed by atoms with E-state index in [2.05, 4.69) is 5.32 Å². The molecule has 0 fully saturated rings. The zero-order chi connectivity index (χ0) is 21.4. The summed E-state index contributed by atoms with van der Waals surface area (Å²) in [5.74, 6) is -0.414. The summed E-state index contributed by atoms with van der Waals surface area (Å²) in [6.45, 7) is 4.54. The monoisotopic (exact) mass is 417 g/mol. The molecule has 8 nitrogen and oxygen atoms in total. The molecule has 0 aliphatic carbocycles. The van der Waals surface area contributed by atoms with E-state index < -0.39 is 20.9 Å². The van der Waals surface area contributed by atoms with Crippen LogP contribution in [-0.4, -0.2) is 36.6 Å². The summed E-state index contributed by atoms with van der Waals surface area (Å²) >= 11 is 0. The highest BCUT2D eigenvalue weighted by molar-refractivity contribution is 7.89. The average molecular weight is 417 g/mol. The third-order valence-electron chi connectivity index (χ3n) is 4.28. The van der Waals surface area contributed by atoms with Crippen molar-refractivity contribution in [2.45, 2.75) is 25.3 Å². The van der Waals surface area contributed by atoms with E-state index in [4.69, 9.17) is 0 Å². The minimum atomic E-state index is -3.52. The molecule has 0 saturated heterocycles. The molecule has 154 valence electrons. The highest BCUT2D eigenvalue weighted by Gasteiger charge is 2.21. The van der Waals surface area contributed by atoms with Crippen molar-refractivity contribution in [3.05, 3.63) is 75.8 Å². The number of nitrogens with zero attached hydrogens (tertiary/aromatic N) is 2. The number of sulfonamides is 1. The maximum atomic E-state index is 12.5. The quantitative estimate of drug-likeness (QED) is 0.383. The van der Waals surface area contributed by atoms with Gasteiger partial charge in [0.1, 0.15) is 0 Å². The summed E-state index contributed by atoms with van der Waals surface area (Å²) < 4.78 is 26.3. The van der Waals surface area contributed by atoms with Crippen LogP contribution in [0.3, 0.4) is 0 Å². The molecule has 0 heterocycles. The molecular weight excluding hydrogens is 394 g/mol. The van der Waals surface area contributed by atoms with Gasteiger partial charge in [0.25, 0.3) is 5.69 Å². The van der Waals surface area contributed by atoms with Crippen molar-refractivity contribution in [1.29, 1.82) is 0 Å². The molecule has 0 aliphatic rings. The molecule has 0 atom stereocenters. The number of benzene rings is 2. The Morgan fingerprint density at radius 3 is 2.31 bits per heavy atom. The van der Waals surface area contributed by atoms with Gasteiger partial charge in [-0.25, -0.2) is 8.42 Å². The summed E-state index contributed by atoms with van der Waals surface area (Å²) in [5, 5.41) is 13.6. The molecule has 0 radical (unpaired) electrons. The van der Waals surface area contributed by atoms with E-state index in [1.165, 1.54) is 34.7 Å². The van der Waals surface area contributed by atoms with Crippen molar-refractivity contribution in [3.63, 3.8) is 0 Å². The number of nitro benzene ring substituents is 1. The highest BCUT2D eigenvalue weighted by atomic mass is 32.2. The van der Waals surface area contributed by atoms with Crippen molar-refractivity contribution in [2.75, 3.05) is 13.1 Å². The van der Waals surface area contributed by atoms with E-state index in [9.17, 15) is 23.3 Å². The van der Waals surface area contributed by atoms with E-state index >= 15 is 0 Å². The lowest BCUT2D eigenvalue weighted by molar-refractivity contribution is -0.385. The van der Waals surface area contributed by atoms with Gasteiger partial charge in [0.2, 0.25) is 15.9 Å². The number of hydrogen-bond acceptors (Lipinski definition) is 5. The van der Waals surface area contributed by atoms with Gasteiger partial charge in [-0.3, -0.25) is 14.9 Å². The Morgan fingerprint density at radius 1 is 1.10 bits per heavy atom. The number of nitrogens with one attached hydrogen (secondary N) is 1. The van der Waals surface area contributed by atoms with Crippen molar-refractivity contribution in [1.82, 2.24) is 9.62 Å². The predicted molar refractivity (Wildman–Crippen MR) is 111 cm³/mol. The Bertz CT molecular complexity index is 997. The molecular formula is C20H23N3O5S. The molecule has 1 N–H and O–H groups in total. The molecule has 2 rings (SSSR count). The fraction of sp³-hybridized carbons (Fsp3) is 0.250. The van der Waals surface area contributed by atoms with Gasteiger partial charge in [-0.2, -0.15) is 4.31 Å². The van der Waals surface area contributed by atoms with Crippen molar-refractivity contribution >= 4 is 27.7 Å². The van der Waals surface area contributed by atoms with Crippen LogP contribution in [0.1, 0.15) is 25.0 Å². The Labute approximate surface area is 170 Å². The maximum absolute atomic E-state index is 12.5. The lowest BCUT2D eigenvalue weighted by Crippen LogP contribution is -2.30. The second kappa shape index (κ2) is 9.94. The van der Waals surface area contributed by atoms with E-state index in [0.717, 1.165) is 5.56 Å². The Hall–Kier alpha value is -3.04. The molecule has 0 saturated carbocycles. The second-order valence-corrected chi connectivity index (χ2v) is 8.04. The van der Waals surface area contributed by atoms with Gasteiger partial charge in [0, 0.05) is 31.8 Å². The molecule has 0 bridgehead atoms. The topological polar surface area (TPSA) is 110 Å². The normalized spacial score (nSPS) is 11.7. The van der Waals surface area contributed by atoms with Crippen LogP contribution in [0.4, 0.5) is 5.69 Å². The SMILES string of the molecule is CCN(CC)S(=O)(=O)c1ccc(CNC(=O)/C=C/c2ccccc2[N+](=O)[O-])cc1. The number of rotatable bonds is 9. The number of amides is 1. The highest BCUT2D eigenvalue weighted by Crippen LogP contribution is 2.19. The van der Waals surface area contributed by atoms with Gasteiger partial charge in [-0.05, 0) is 29.8 Å². The standard InChI is InChI=1S/C20H23N3O5S/c1-3-22(4-2)29(27,28)18-12-9-16(10-13-18)15-21-20(24)14-11-17-7-5-6-8-19(17)23(25)26/h5-14H,3-4,15H2,1-2H3,(H,21,24)/b14-11+. The summed E-state index contributed by atoms with van der Waals surface area (Å²) in [6, 6.07) is 12.4. The summed E-state index contributed by atoms with van der Waals surface area (Å²) in [6.07, 6.45) is 2.61. The second-order valence-electron chi connectivity index (χ2n) is 6.10. The van der Waals surface area contributed by atoms with E-state index in [1.807, 2.05) is 0 Å². The minimum absolute atomic E-state index is 0.0819. The molecule has 9 heteroatoms. The smallest absolute Gasteiger partial charge is 0.276 e. The van der Waals surface area contributed by atoms with E-state index in [0.29, 0.717) is 18.7 Å². The molecule has 29 heavy (non-hydrogen) atoms. The largest absolute Gasteiger partial charge is 0.348 e. The predicted octanol–water partition coefficient (Wildman–Crippen LogP) is 2.95. The molecule has 2 aromatic rings. The van der Waals surface area contributed by atoms with Crippen molar-refractivity contribution in [3.8, 4) is 0 Å². The van der Waals surface area contributed by atoms with Gasteiger partial charge < -0.3 is 5.32 Å². The summed E-state index contributed by atoms with van der Waals surface area (Å²) in [7, 11) is -3.52. The lowest BCUT2D eigenvalue weighted by Gasteiger charge is -2.18. The number of carbonyl (C=O) groups excluding carboxylic acids is 1. The zero-order valence-corrected chi connectivity index (χ0v) is 17.1. The van der Waals surface area contributed by atoms with Crippen LogP contribution in [0.2, 0.25) is 0 Å². The first-order chi connectivity index (χ1) is 13.8. The first-order valence-electron chi connectivity index (χ1n) is 9.08. The third-order valence-corrected chi connectivity index (χ3v) is 6.35. The fourth-order valence-corrected chi connectivity index (χ4v) is 4.16. The van der Waals surface area contributed by atoms with Gasteiger partial charge >= 0.3 is 0 Å². The molecule has 2 aromatic carbocycles. The zero-order valence-electron chi connectivity index (χ0n) is 16.2. The van der Waals surface area contributed by atoms with Crippen LogP contribution in [0, 0.1) is 10.1 Å². The Balaban J connectivity index is 2.00. The minimum Gasteiger partial charge on any atom is -0.348 e. The van der Waals surface area contributed by atoms with Gasteiger partial charge in [0.15, 0.2) is 0 Å². The molecule has 0 spiro atoms. The third kappa shape index (κ3) is 5.72. The van der Waals surface area contributed by atoms with E-state index in [-0.39, 0.29) is 17.1 Å². The van der Waals surface area contributed by atoms with Crippen molar-refractivity contribution in [2.24, 2.45) is 0 Å². The Morgan fingerprint density at radius 2 is 1.72 bits per heavy atom. The molecule has 0 aliphatic heterocycles. The molecule has 1 amide bonds. The average Bonchev–Trinajstić information content (AvgIpc) is 2.71. The number of hydrogen-bond donors (Lipinski definition) is 1. The maximum Gasteiger partial charge on any atom is 0.276 e. The van der Waals surface area contributed by atoms with Gasteiger partial charge in [-0.15, -0.1) is 0 Å². The van der Waals surface area contributed by atoms with Crippen LogP contribution in [-0.2, 0) is 21.4 Å². The van der Waals surface area contributed by atoms with Gasteiger partial charge in [-0.1, -0.05) is 38.1 Å². The Kier molecular flexibility index (Phi) is 7.63. The van der Waals surface area contributed by atoms with Crippen LogP contribution >= 0.6 is 0 Å². The molecule has 0 unspecified atom stereocenters. The molecule has 0 aromatic heterocycles. The first-order valence-corrected chi connectivity index (χ1v) is 10.5. The van der Waals surface area contributed by atoms with Crippen LogP contribution in [0.25, 0.3) is 6.08 Å². The van der Waals surface area contributed by atoms with Gasteiger partial charge in [0.05, 0.1) is 15.4 Å². The summed E-state index contributed by atoms with van der Waals surface area (Å²) in [5.41, 5.74) is 0.983. The number of carbonyl (C=O) groups is 1. The lowest BCUT2D eigenvalue weighted by atomic mass is 10.1. The fourth-order valence-electron chi connectivity index (χ4n) is 2.70. The number of nitro groups is 1. The van der Waals surface area contributed by atoms with Crippen LogP contribution in [0.15, 0.2) is 59.5 Å². The van der Waals surface area contributed by atoms with Crippen LogP contribution in [0.5, 0.6) is 0 Å².